The molecule has 1 amide bonds. The molecule has 0 aliphatic rings. The molecule has 3 aromatic rings. The molecule has 0 atom stereocenters. The zero-order valence-corrected chi connectivity index (χ0v) is 18.9. The van der Waals surface area contributed by atoms with Gasteiger partial charge in [0.15, 0.2) is 11.0 Å². The number of rotatable bonds is 9. The topological polar surface area (TPSA) is 69.0 Å². The van der Waals surface area contributed by atoms with E-state index in [1.54, 1.807) is 19.2 Å². The third-order valence-electron chi connectivity index (χ3n) is 4.61. The molecular weight excluding hydrogens is 420 g/mol. The Labute approximate surface area is 186 Å². The minimum atomic E-state index is -0.110. The number of thioether (sulfide) groups is 1. The van der Waals surface area contributed by atoms with Gasteiger partial charge >= 0.3 is 0 Å². The van der Waals surface area contributed by atoms with Gasteiger partial charge < -0.3 is 14.6 Å². The van der Waals surface area contributed by atoms with Gasteiger partial charge in [0.2, 0.25) is 5.91 Å². The van der Waals surface area contributed by atoms with E-state index in [1.807, 2.05) is 37.3 Å². The summed E-state index contributed by atoms with van der Waals surface area (Å²) < 4.78 is 7.31. The minimum absolute atomic E-state index is 0.110. The average Bonchev–Trinajstić information content (AvgIpc) is 3.16. The Balaban J connectivity index is 1.73. The highest BCUT2D eigenvalue weighted by Crippen LogP contribution is 2.27. The molecule has 0 fully saturated rings. The Hall–Kier alpha value is -2.51. The van der Waals surface area contributed by atoms with Gasteiger partial charge in [-0.05, 0) is 55.3 Å². The monoisotopic (exact) mass is 444 g/mol. The van der Waals surface area contributed by atoms with Crippen molar-refractivity contribution in [2.45, 2.75) is 38.4 Å². The number of carbonyl (C=O) groups is 1. The quantitative estimate of drug-likeness (QED) is 0.444. The van der Waals surface area contributed by atoms with Gasteiger partial charge in [0.1, 0.15) is 5.75 Å². The van der Waals surface area contributed by atoms with Crippen molar-refractivity contribution in [1.29, 1.82) is 0 Å². The lowest BCUT2D eigenvalue weighted by atomic mass is 10.2. The van der Waals surface area contributed by atoms with Crippen LogP contribution in [0, 0.1) is 6.92 Å². The molecule has 8 heteroatoms. The molecule has 2 aromatic carbocycles. The summed E-state index contributed by atoms with van der Waals surface area (Å²) in [6.45, 7) is 4.87. The molecular formula is C22H25ClN4O2S. The first-order valence-corrected chi connectivity index (χ1v) is 11.1. The van der Waals surface area contributed by atoms with Crippen molar-refractivity contribution >= 4 is 35.0 Å². The van der Waals surface area contributed by atoms with Crippen LogP contribution >= 0.6 is 23.4 Å². The SMILES string of the molecule is CCCCn1c(SCC(=O)Nc2cc(Cl)ccc2C)nnc1-c1ccc(OC)cc1. The lowest BCUT2D eigenvalue weighted by molar-refractivity contribution is -0.113. The number of hydrogen-bond acceptors (Lipinski definition) is 5. The number of ether oxygens (including phenoxy) is 1. The van der Waals surface area contributed by atoms with Crippen molar-refractivity contribution in [2.24, 2.45) is 0 Å². The Bertz CT molecular complexity index is 1000. The molecule has 1 heterocycles. The maximum atomic E-state index is 12.5. The molecule has 30 heavy (non-hydrogen) atoms. The second-order valence-corrected chi connectivity index (χ2v) is 8.21. The largest absolute Gasteiger partial charge is 0.497 e. The smallest absolute Gasteiger partial charge is 0.234 e. The lowest BCUT2D eigenvalue weighted by Crippen LogP contribution is -2.15. The first-order valence-electron chi connectivity index (χ1n) is 9.78. The van der Waals surface area contributed by atoms with E-state index >= 15 is 0 Å². The van der Waals surface area contributed by atoms with Crippen molar-refractivity contribution in [2.75, 3.05) is 18.2 Å². The van der Waals surface area contributed by atoms with Crippen LogP contribution in [0.15, 0.2) is 47.6 Å². The number of halogens is 1. The lowest BCUT2D eigenvalue weighted by Gasteiger charge is -2.11. The number of unbranched alkanes of at least 4 members (excludes halogenated alkanes) is 1. The van der Waals surface area contributed by atoms with Crippen LogP contribution in [0.5, 0.6) is 5.75 Å². The van der Waals surface area contributed by atoms with Crippen molar-refractivity contribution in [3.8, 4) is 17.1 Å². The van der Waals surface area contributed by atoms with Gasteiger partial charge in [-0.1, -0.05) is 42.8 Å². The van der Waals surface area contributed by atoms with E-state index in [-0.39, 0.29) is 11.7 Å². The number of aryl methyl sites for hydroxylation is 1. The molecule has 0 spiro atoms. The molecule has 1 N–H and O–H groups in total. The fraction of sp³-hybridized carbons (Fsp3) is 0.318. The van der Waals surface area contributed by atoms with Gasteiger partial charge in [0.05, 0.1) is 12.9 Å². The van der Waals surface area contributed by atoms with Crippen LogP contribution < -0.4 is 10.1 Å². The highest BCUT2D eigenvalue weighted by Gasteiger charge is 2.16. The Kier molecular flexibility index (Phi) is 7.76. The number of carbonyl (C=O) groups excluding carboxylic acids is 1. The first-order chi connectivity index (χ1) is 14.5. The summed E-state index contributed by atoms with van der Waals surface area (Å²) >= 11 is 7.41. The summed E-state index contributed by atoms with van der Waals surface area (Å²) in [6.07, 6.45) is 2.06. The van der Waals surface area contributed by atoms with Crippen LogP contribution in [-0.4, -0.2) is 33.5 Å². The number of anilines is 1. The van der Waals surface area contributed by atoms with Crippen molar-refractivity contribution in [3.63, 3.8) is 0 Å². The van der Waals surface area contributed by atoms with E-state index in [0.29, 0.717) is 5.02 Å². The number of nitrogens with zero attached hydrogens (tertiary/aromatic N) is 3. The Morgan fingerprint density at radius 1 is 1.20 bits per heavy atom. The molecule has 6 nitrogen and oxygen atoms in total. The molecule has 3 rings (SSSR count). The summed E-state index contributed by atoms with van der Waals surface area (Å²) in [6, 6.07) is 13.2. The Morgan fingerprint density at radius 3 is 2.67 bits per heavy atom. The molecule has 0 unspecified atom stereocenters. The molecule has 0 aliphatic heterocycles. The second-order valence-electron chi connectivity index (χ2n) is 6.84. The number of amides is 1. The van der Waals surface area contributed by atoms with Crippen molar-refractivity contribution in [3.05, 3.63) is 53.1 Å². The van der Waals surface area contributed by atoms with Crippen molar-refractivity contribution < 1.29 is 9.53 Å². The fourth-order valence-electron chi connectivity index (χ4n) is 2.91. The van der Waals surface area contributed by atoms with E-state index in [2.05, 4.69) is 27.0 Å². The summed E-state index contributed by atoms with van der Waals surface area (Å²) in [4.78, 5) is 12.5. The summed E-state index contributed by atoms with van der Waals surface area (Å²) in [5.74, 6) is 1.71. The fourth-order valence-corrected chi connectivity index (χ4v) is 3.85. The van der Waals surface area contributed by atoms with Crippen LogP contribution in [0.2, 0.25) is 5.02 Å². The summed E-state index contributed by atoms with van der Waals surface area (Å²) in [5, 5.41) is 13.0. The number of methoxy groups -OCH3 is 1. The second kappa shape index (κ2) is 10.5. The van der Waals surface area contributed by atoms with Gasteiger partial charge in [-0.15, -0.1) is 10.2 Å². The maximum absolute atomic E-state index is 12.5. The average molecular weight is 445 g/mol. The molecule has 0 aliphatic carbocycles. The zero-order valence-electron chi connectivity index (χ0n) is 17.3. The predicted octanol–water partition coefficient (Wildman–Crippen LogP) is 5.45. The van der Waals surface area contributed by atoms with Gasteiger partial charge in [-0.25, -0.2) is 0 Å². The molecule has 0 saturated heterocycles. The number of aromatic nitrogens is 3. The van der Waals surface area contributed by atoms with Gasteiger partial charge in [0, 0.05) is 22.8 Å². The summed E-state index contributed by atoms with van der Waals surface area (Å²) in [7, 11) is 1.64. The minimum Gasteiger partial charge on any atom is -0.497 e. The highest BCUT2D eigenvalue weighted by molar-refractivity contribution is 7.99. The highest BCUT2D eigenvalue weighted by atomic mass is 35.5. The number of benzene rings is 2. The molecule has 158 valence electrons. The van der Waals surface area contributed by atoms with E-state index in [4.69, 9.17) is 16.3 Å². The molecule has 0 radical (unpaired) electrons. The predicted molar refractivity (Wildman–Crippen MR) is 122 cm³/mol. The van der Waals surface area contributed by atoms with Crippen molar-refractivity contribution in [1.82, 2.24) is 14.8 Å². The summed E-state index contributed by atoms with van der Waals surface area (Å²) in [5.41, 5.74) is 2.65. The normalized spacial score (nSPS) is 10.8. The van der Waals surface area contributed by atoms with E-state index in [0.717, 1.165) is 52.9 Å². The van der Waals surface area contributed by atoms with Crippen LogP contribution in [0.4, 0.5) is 5.69 Å². The van der Waals surface area contributed by atoms with Crippen LogP contribution in [0.3, 0.4) is 0 Å². The third-order valence-corrected chi connectivity index (χ3v) is 5.81. The first kappa shape index (κ1) is 22.2. The Morgan fingerprint density at radius 2 is 1.97 bits per heavy atom. The number of hydrogen-bond donors (Lipinski definition) is 1. The van der Waals surface area contributed by atoms with Gasteiger partial charge in [0.25, 0.3) is 0 Å². The molecule has 0 bridgehead atoms. The van der Waals surface area contributed by atoms with Crippen LogP contribution in [-0.2, 0) is 11.3 Å². The van der Waals surface area contributed by atoms with Crippen LogP contribution in [0.1, 0.15) is 25.3 Å². The maximum Gasteiger partial charge on any atom is 0.234 e. The van der Waals surface area contributed by atoms with E-state index < -0.39 is 0 Å². The number of nitrogens with one attached hydrogen (secondary N) is 1. The standard InChI is InChI=1S/C22H25ClN4O2S/c1-4-5-12-27-21(16-7-10-18(29-3)11-8-16)25-26-22(27)30-14-20(28)24-19-13-17(23)9-6-15(19)2/h6-11,13H,4-5,12,14H2,1-3H3,(H,24,28). The van der Waals surface area contributed by atoms with E-state index in [1.165, 1.54) is 11.8 Å². The van der Waals surface area contributed by atoms with Crippen LogP contribution in [0.25, 0.3) is 11.4 Å². The third kappa shape index (κ3) is 5.55. The van der Waals surface area contributed by atoms with Gasteiger partial charge in [-0.3, -0.25) is 4.79 Å². The van der Waals surface area contributed by atoms with E-state index in [9.17, 15) is 4.79 Å². The molecule has 1 aromatic heterocycles. The van der Waals surface area contributed by atoms with Gasteiger partial charge in [-0.2, -0.15) is 0 Å². The molecule has 0 saturated carbocycles. The zero-order chi connectivity index (χ0) is 21.5.